The van der Waals surface area contributed by atoms with Crippen LogP contribution in [0.4, 0.5) is 5.69 Å². The molecule has 0 saturated heterocycles. The average molecular weight is 173 g/mol. The molecule has 1 unspecified atom stereocenters. The van der Waals surface area contributed by atoms with Gasteiger partial charge in [0.1, 0.15) is 5.75 Å². The Hall–Kier alpha value is -1.07. The minimum absolute atomic E-state index is 0.124. The summed E-state index contributed by atoms with van der Waals surface area (Å²) < 4.78 is 20.8. The lowest BCUT2D eigenvalue weighted by Crippen LogP contribution is -2.00. The van der Waals surface area contributed by atoms with E-state index in [0.29, 0.717) is 5.69 Å². The number of benzene rings is 1. The first-order valence-electron chi connectivity index (χ1n) is 2.85. The summed E-state index contributed by atoms with van der Waals surface area (Å²) in [6, 6.07) is 5.86. The summed E-state index contributed by atoms with van der Waals surface area (Å²) in [5, 5.41) is 8.82. The second-order valence-corrected chi connectivity index (χ2v) is 2.60. The number of phenols is 1. The molecule has 5 heteroatoms. The SMILES string of the molecule is O=S(O)Nc1ccc(O)cc1. The fraction of sp³-hybridized carbons (Fsp3) is 0. The predicted octanol–water partition coefficient (Wildman–Crippen LogP) is 0.941. The fourth-order valence-corrected chi connectivity index (χ4v) is 0.968. The summed E-state index contributed by atoms with van der Waals surface area (Å²) in [5.74, 6) is 0.124. The molecule has 0 aliphatic carbocycles. The Morgan fingerprint density at radius 1 is 1.27 bits per heavy atom. The second-order valence-electron chi connectivity index (χ2n) is 1.90. The summed E-state index contributed by atoms with van der Waals surface area (Å²) >= 11 is -2.05. The van der Waals surface area contributed by atoms with Crippen LogP contribution >= 0.6 is 0 Å². The molecule has 0 radical (unpaired) electrons. The third-order valence-electron chi connectivity index (χ3n) is 1.07. The fourth-order valence-electron chi connectivity index (χ4n) is 0.630. The zero-order chi connectivity index (χ0) is 8.27. The Labute approximate surface area is 66.3 Å². The van der Waals surface area contributed by atoms with Crippen LogP contribution in [-0.2, 0) is 11.3 Å². The molecule has 1 aromatic carbocycles. The molecule has 3 N–H and O–H groups in total. The van der Waals surface area contributed by atoms with Gasteiger partial charge < -0.3 is 5.11 Å². The van der Waals surface area contributed by atoms with Crippen molar-refractivity contribution in [2.24, 2.45) is 0 Å². The summed E-state index contributed by atoms with van der Waals surface area (Å²) in [6.07, 6.45) is 0. The highest BCUT2D eigenvalue weighted by molar-refractivity contribution is 7.80. The van der Waals surface area contributed by atoms with Gasteiger partial charge in [-0.1, -0.05) is 0 Å². The van der Waals surface area contributed by atoms with Crippen molar-refractivity contribution < 1.29 is 13.9 Å². The zero-order valence-corrected chi connectivity index (χ0v) is 6.34. The molecule has 0 aliphatic rings. The maximum atomic E-state index is 10.2. The van der Waals surface area contributed by atoms with Gasteiger partial charge in [-0.15, -0.1) is 0 Å². The van der Waals surface area contributed by atoms with E-state index < -0.39 is 11.3 Å². The third-order valence-corrected chi connectivity index (χ3v) is 1.48. The van der Waals surface area contributed by atoms with Gasteiger partial charge in [0.05, 0.1) is 0 Å². The lowest BCUT2D eigenvalue weighted by Gasteiger charge is -1.99. The maximum absolute atomic E-state index is 10.2. The minimum Gasteiger partial charge on any atom is -0.508 e. The number of hydrogen-bond donors (Lipinski definition) is 3. The van der Waals surface area contributed by atoms with E-state index in [1.165, 1.54) is 24.3 Å². The van der Waals surface area contributed by atoms with Crippen molar-refractivity contribution >= 4 is 17.0 Å². The Kier molecular flexibility index (Phi) is 2.45. The van der Waals surface area contributed by atoms with Crippen LogP contribution in [0.1, 0.15) is 0 Å². The van der Waals surface area contributed by atoms with E-state index in [4.69, 9.17) is 9.66 Å². The predicted molar refractivity (Wildman–Crippen MR) is 42.5 cm³/mol. The molecule has 0 heterocycles. The summed E-state index contributed by atoms with van der Waals surface area (Å²) in [5.41, 5.74) is 0.489. The molecule has 1 aromatic rings. The Bertz CT molecular complexity index is 259. The molecular formula is C6H7NO3S. The molecule has 11 heavy (non-hydrogen) atoms. The maximum Gasteiger partial charge on any atom is 0.259 e. The van der Waals surface area contributed by atoms with Crippen LogP contribution in [0, 0.1) is 0 Å². The largest absolute Gasteiger partial charge is 0.508 e. The van der Waals surface area contributed by atoms with Crippen molar-refractivity contribution in [2.75, 3.05) is 4.72 Å². The van der Waals surface area contributed by atoms with E-state index in [9.17, 15) is 4.21 Å². The number of aromatic hydroxyl groups is 1. The number of nitrogens with one attached hydrogen (secondary N) is 1. The lowest BCUT2D eigenvalue weighted by molar-refractivity contribution is 0.475. The van der Waals surface area contributed by atoms with Crippen LogP contribution in [0.25, 0.3) is 0 Å². The molecular weight excluding hydrogens is 166 g/mol. The Balaban J connectivity index is 2.74. The first-order valence-corrected chi connectivity index (χ1v) is 3.96. The van der Waals surface area contributed by atoms with Crippen molar-refractivity contribution in [1.82, 2.24) is 0 Å². The van der Waals surface area contributed by atoms with Crippen LogP contribution < -0.4 is 4.72 Å². The highest BCUT2D eigenvalue weighted by Crippen LogP contribution is 2.13. The van der Waals surface area contributed by atoms with E-state index in [1.807, 2.05) is 0 Å². The average Bonchev–Trinajstić information content (AvgIpc) is 1.93. The van der Waals surface area contributed by atoms with Gasteiger partial charge in [-0.25, -0.2) is 4.21 Å². The van der Waals surface area contributed by atoms with Gasteiger partial charge in [0.15, 0.2) is 0 Å². The van der Waals surface area contributed by atoms with Crippen molar-refractivity contribution in [3.8, 4) is 5.75 Å². The molecule has 0 saturated carbocycles. The van der Waals surface area contributed by atoms with Crippen LogP contribution in [0.3, 0.4) is 0 Å². The summed E-state index contributed by atoms with van der Waals surface area (Å²) in [4.78, 5) is 0. The van der Waals surface area contributed by atoms with Gasteiger partial charge in [-0.05, 0) is 24.3 Å². The number of anilines is 1. The molecule has 1 atom stereocenters. The first kappa shape index (κ1) is 8.03. The van der Waals surface area contributed by atoms with Crippen molar-refractivity contribution in [3.05, 3.63) is 24.3 Å². The van der Waals surface area contributed by atoms with E-state index in [0.717, 1.165) is 0 Å². The monoisotopic (exact) mass is 173 g/mol. The van der Waals surface area contributed by atoms with Gasteiger partial charge in [-0.3, -0.25) is 9.27 Å². The van der Waals surface area contributed by atoms with Gasteiger partial charge >= 0.3 is 0 Å². The van der Waals surface area contributed by atoms with E-state index in [2.05, 4.69) is 4.72 Å². The molecule has 0 bridgehead atoms. The number of hydrogen-bond acceptors (Lipinski definition) is 2. The smallest absolute Gasteiger partial charge is 0.259 e. The van der Waals surface area contributed by atoms with E-state index in [1.54, 1.807) is 0 Å². The minimum atomic E-state index is -2.05. The molecule has 4 nitrogen and oxygen atoms in total. The zero-order valence-electron chi connectivity index (χ0n) is 5.52. The van der Waals surface area contributed by atoms with Gasteiger partial charge in [0.2, 0.25) is 0 Å². The summed E-state index contributed by atoms with van der Waals surface area (Å²) in [6.45, 7) is 0. The van der Waals surface area contributed by atoms with Crippen molar-refractivity contribution in [3.63, 3.8) is 0 Å². The third kappa shape index (κ3) is 2.57. The molecule has 1 rings (SSSR count). The van der Waals surface area contributed by atoms with E-state index in [-0.39, 0.29) is 5.75 Å². The molecule has 0 amide bonds. The molecule has 0 fully saturated rings. The van der Waals surface area contributed by atoms with Crippen molar-refractivity contribution in [2.45, 2.75) is 0 Å². The molecule has 0 spiro atoms. The quantitative estimate of drug-likeness (QED) is 0.460. The lowest BCUT2D eigenvalue weighted by atomic mass is 10.3. The van der Waals surface area contributed by atoms with Gasteiger partial charge in [0.25, 0.3) is 11.3 Å². The van der Waals surface area contributed by atoms with Crippen molar-refractivity contribution in [1.29, 1.82) is 0 Å². The van der Waals surface area contributed by atoms with Gasteiger partial charge in [0, 0.05) is 5.69 Å². The van der Waals surface area contributed by atoms with Crippen LogP contribution in [0.5, 0.6) is 5.75 Å². The Morgan fingerprint density at radius 3 is 2.27 bits per heavy atom. The van der Waals surface area contributed by atoms with Crippen LogP contribution in [-0.4, -0.2) is 13.9 Å². The number of phenolic OH excluding ortho intramolecular Hbond substituents is 1. The molecule has 60 valence electrons. The first-order chi connectivity index (χ1) is 5.18. The Morgan fingerprint density at radius 2 is 1.82 bits per heavy atom. The second kappa shape index (κ2) is 3.36. The normalized spacial score (nSPS) is 12.5. The van der Waals surface area contributed by atoms with Crippen LogP contribution in [0.15, 0.2) is 24.3 Å². The highest BCUT2D eigenvalue weighted by Gasteiger charge is 1.93. The van der Waals surface area contributed by atoms with Crippen LogP contribution in [0.2, 0.25) is 0 Å². The number of rotatable bonds is 2. The molecule has 0 aliphatic heterocycles. The highest BCUT2D eigenvalue weighted by atomic mass is 32.2. The van der Waals surface area contributed by atoms with E-state index >= 15 is 0 Å². The standard InChI is InChI=1S/C6H7NO3S/c8-6-3-1-5(2-4-6)7-11(9)10/h1-4,7-8H,(H,9,10). The summed E-state index contributed by atoms with van der Waals surface area (Å²) in [7, 11) is 0. The topological polar surface area (TPSA) is 69.6 Å². The van der Waals surface area contributed by atoms with Gasteiger partial charge in [-0.2, -0.15) is 0 Å². The molecule has 0 aromatic heterocycles.